The van der Waals surface area contributed by atoms with Crippen molar-refractivity contribution >= 4 is 11.9 Å². The van der Waals surface area contributed by atoms with Crippen molar-refractivity contribution in [2.45, 2.75) is 31.8 Å². The molecular formula is C12H18N4O3. The first-order valence-corrected chi connectivity index (χ1v) is 6.28. The third-order valence-electron chi connectivity index (χ3n) is 3.59. The summed E-state index contributed by atoms with van der Waals surface area (Å²) in [5, 5.41) is 13.1. The summed E-state index contributed by atoms with van der Waals surface area (Å²) < 4.78 is 1.54. The number of likely N-dealkylation sites (tertiary alicyclic amines) is 1. The molecule has 0 aliphatic carbocycles. The van der Waals surface area contributed by atoms with Crippen LogP contribution >= 0.6 is 0 Å². The van der Waals surface area contributed by atoms with Gasteiger partial charge in [0.2, 0.25) is 5.91 Å². The van der Waals surface area contributed by atoms with Gasteiger partial charge in [0.05, 0.1) is 17.9 Å². The highest BCUT2D eigenvalue weighted by molar-refractivity contribution is 5.88. The zero-order valence-corrected chi connectivity index (χ0v) is 10.9. The lowest BCUT2D eigenvalue weighted by Crippen LogP contribution is -2.47. The van der Waals surface area contributed by atoms with Gasteiger partial charge in [-0.05, 0) is 19.4 Å². The van der Waals surface area contributed by atoms with Crippen molar-refractivity contribution in [2.75, 3.05) is 6.54 Å². The second-order valence-electron chi connectivity index (χ2n) is 4.82. The lowest BCUT2D eigenvalue weighted by molar-refractivity contribution is -0.124. The van der Waals surface area contributed by atoms with Crippen LogP contribution in [-0.4, -0.2) is 44.3 Å². The van der Waals surface area contributed by atoms with Crippen LogP contribution in [-0.2, 0) is 18.4 Å². The largest absolute Gasteiger partial charge is 0.478 e. The molecule has 1 unspecified atom stereocenters. The lowest BCUT2D eigenvalue weighted by Gasteiger charge is -2.33. The molecule has 0 aromatic carbocycles. The van der Waals surface area contributed by atoms with Gasteiger partial charge in [0.15, 0.2) is 0 Å². The Hall–Kier alpha value is -1.89. The van der Waals surface area contributed by atoms with E-state index in [1.807, 2.05) is 4.90 Å². The summed E-state index contributed by atoms with van der Waals surface area (Å²) in [6, 6.07) is -0.315. The van der Waals surface area contributed by atoms with Gasteiger partial charge in [-0.3, -0.25) is 14.4 Å². The molecule has 1 aromatic rings. The van der Waals surface area contributed by atoms with Gasteiger partial charge < -0.3 is 10.8 Å². The van der Waals surface area contributed by atoms with Crippen LogP contribution in [0.1, 0.15) is 35.3 Å². The van der Waals surface area contributed by atoms with Gasteiger partial charge in [-0.2, -0.15) is 5.10 Å². The summed E-state index contributed by atoms with van der Waals surface area (Å²) in [6.45, 7) is 1.13. The number of hydrogen-bond donors (Lipinski definition) is 2. The second kappa shape index (κ2) is 5.40. The number of hydrogen-bond acceptors (Lipinski definition) is 4. The van der Waals surface area contributed by atoms with Crippen molar-refractivity contribution in [2.24, 2.45) is 12.8 Å². The van der Waals surface area contributed by atoms with E-state index >= 15 is 0 Å². The van der Waals surface area contributed by atoms with Crippen LogP contribution in [0.15, 0.2) is 6.20 Å². The maximum Gasteiger partial charge on any atom is 0.339 e. The van der Waals surface area contributed by atoms with E-state index in [4.69, 9.17) is 10.8 Å². The van der Waals surface area contributed by atoms with Crippen molar-refractivity contribution in [1.82, 2.24) is 14.7 Å². The molecule has 1 aromatic heterocycles. The summed E-state index contributed by atoms with van der Waals surface area (Å²) in [4.78, 5) is 24.5. The van der Waals surface area contributed by atoms with Crippen LogP contribution in [0.25, 0.3) is 0 Å². The molecular weight excluding hydrogens is 248 g/mol. The van der Waals surface area contributed by atoms with Gasteiger partial charge in [0.25, 0.3) is 0 Å². The molecule has 104 valence electrons. The number of carbonyl (C=O) groups excluding carboxylic acids is 1. The molecule has 3 N–H and O–H groups in total. The van der Waals surface area contributed by atoms with Crippen LogP contribution < -0.4 is 5.73 Å². The zero-order chi connectivity index (χ0) is 14.0. The second-order valence-corrected chi connectivity index (χ2v) is 4.82. The number of nitrogens with zero attached hydrogens (tertiary/aromatic N) is 3. The number of carboxylic acids is 1. The van der Waals surface area contributed by atoms with Crippen molar-refractivity contribution in [1.29, 1.82) is 0 Å². The maximum absolute atomic E-state index is 11.4. The molecule has 0 bridgehead atoms. The Morgan fingerprint density at radius 2 is 2.26 bits per heavy atom. The smallest absolute Gasteiger partial charge is 0.339 e. The van der Waals surface area contributed by atoms with Gasteiger partial charge in [-0.15, -0.1) is 0 Å². The number of primary amides is 1. The average Bonchev–Trinajstić information content (AvgIpc) is 2.72. The predicted octanol–water partition coefficient (Wildman–Crippen LogP) is -0.0419. The number of aromatic carboxylic acids is 1. The molecule has 1 amide bonds. The molecule has 1 saturated heterocycles. The number of carboxylic acid groups (broad SMARTS) is 1. The third-order valence-corrected chi connectivity index (χ3v) is 3.59. The maximum atomic E-state index is 11.4. The minimum Gasteiger partial charge on any atom is -0.478 e. The summed E-state index contributed by atoms with van der Waals surface area (Å²) in [5.74, 6) is -1.35. The normalized spacial score (nSPS) is 20.4. The first-order chi connectivity index (χ1) is 9.00. The monoisotopic (exact) mass is 266 g/mol. The number of rotatable bonds is 4. The van der Waals surface area contributed by atoms with Crippen molar-refractivity contribution in [3.63, 3.8) is 0 Å². The highest BCUT2D eigenvalue weighted by Gasteiger charge is 2.29. The Morgan fingerprint density at radius 1 is 1.53 bits per heavy atom. The molecule has 0 spiro atoms. The Morgan fingerprint density at radius 3 is 2.89 bits per heavy atom. The molecule has 2 rings (SSSR count). The number of nitrogens with two attached hydrogens (primary N) is 1. The number of aryl methyl sites for hydroxylation is 1. The molecule has 7 nitrogen and oxygen atoms in total. The minimum absolute atomic E-state index is 0.177. The topological polar surface area (TPSA) is 101 Å². The molecule has 1 aliphatic heterocycles. The summed E-state index contributed by atoms with van der Waals surface area (Å²) >= 11 is 0. The van der Waals surface area contributed by atoms with Crippen LogP contribution in [0.3, 0.4) is 0 Å². The fraction of sp³-hybridized carbons (Fsp3) is 0.583. The van der Waals surface area contributed by atoms with E-state index in [9.17, 15) is 9.59 Å². The molecule has 1 fully saturated rings. The fourth-order valence-corrected chi connectivity index (χ4v) is 2.52. The summed E-state index contributed by atoms with van der Waals surface area (Å²) in [5.41, 5.74) is 6.18. The minimum atomic E-state index is -1.00. The van der Waals surface area contributed by atoms with Gasteiger partial charge >= 0.3 is 5.97 Å². The number of carbonyl (C=O) groups is 2. The van der Waals surface area contributed by atoms with E-state index in [2.05, 4.69) is 5.10 Å². The molecule has 0 saturated carbocycles. The van der Waals surface area contributed by atoms with Crippen molar-refractivity contribution in [3.05, 3.63) is 17.5 Å². The number of amides is 1. The lowest BCUT2D eigenvalue weighted by atomic mass is 10.0. The van der Waals surface area contributed by atoms with Crippen LogP contribution in [0.5, 0.6) is 0 Å². The van der Waals surface area contributed by atoms with Crippen LogP contribution in [0, 0.1) is 0 Å². The standard InChI is InChI=1S/C12H18N4O3/c1-15-10(8(6-14-15)12(18)19)7-16-5-3-2-4-9(16)11(13)17/h6,9H,2-5,7H2,1H3,(H2,13,17)(H,18,19). The fourth-order valence-electron chi connectivity index (χ4n) is 2.52. The van der Waals surface area contributed by atoms with Gasteiger partial charge in [-0.1, -0.05) is 6.42 Å². The van der Waals surface area contributed by atoms with Crippen LogP contribution in [0.2, 0.25) is 0 Å². The Kier molecular flexibility index (Phi) is 3.84. The van der Waals surface area contributed by atoms with E-state index in [-0.39, 0.29) is 17.5 Å². The van der Waals surface area contributed by atoms with E-state index in [1.165, 1.54) is 10.9 Å². The van der Waals surface area contributed by atoms with Crippen LogP contribution in [0.4, 0.5) is 0 Å². The highest BCUT2D eigenvalue weighted by Crippen LogP contribution is 2.20. The summed E-state index contributed by atoms with van der Waals surface area (Å²) in [6.07, 6.45) is 4.03. The number of aromatic nitrogens is 2. The first-order valence-electron chi connectivity index (χ1n) is 6.28. The van der Waals surface area contributed by atoms with Gasteiger partial charge in [0.1, 0.15) is 5.56 Å². The Bertz CT molecular complexity index is 497. The molecule has 1 aliphatic rings. The average molecular weight is 266 g/mol. The Balaban J connectivity index is 2.21. The van der Waals surface area contributed by atoms with E-state index in [0.29, 0.717) is 12.2 Å². The highest BCUT2D eigenvalue weighted by atomic mass is 16.4. The molecule has 2 heterocycles. The van der Waals surface area contributed by atoms with Gasteiger partial charge in [-0.25, -0.2) is 4.79 Å². The molecule has 0 radical (unpaired) electrons. The van der Waals surface area contributed by atoms with E-state index in [1.54, 1.807) is 7.05 Å². The predicted molar refractivity (Wildman–Crippen MR) is 67.4 cm³/mol. The molecule has 7 heteroatoms. The zero-order valence-electron chi connectivity index (χ0n) is 10.9. The third kappa shape index (κ3) is 2.76. The van der Waals surface area contributed by atoms with E-state index < -0.39 is 5.97 Å². The quantitative estimate of drug-likeness (QED) is 0.796. The molecule has 1 atom stereocenters. The van der Waals surface area contributed by atoms with E-state index in [0.717, 1.165) is 25.8 Å². The van der Waals surface area contributed by atoms with Crippen molar-refractivity contribution < 1.29 is 14.7 Å². The molecule has 19 heavy (non-hydrogen) atoms. The summed E-state index contributed by atoms with van der Waals surface area (Å²) in [7, 11) is 1.70. The first kappa shape index (κ1) is 13.5. The Labute approximate surface area is 111 Å². The number of piperidine rings is 1. The van der Waals surface area contributed by atoms with Gasteiger partial charge in [0, 0.05) is 13.6 Å². The van der Waals surface area contributed by atoms with Crippen molar-refractivity contribution in [3.8, 4) is 0 Å². The SMILES string of the molecule is Cn1ncc(C(=O)O)c1CN1CCCCC1C(N)=O.